The summed E-state index contributed by atoms with van der Waals surface area (Å²) in [6.45, 7) is 5.71. The Bertz CT molecular complexity index is 602. The Balaban J connectivity index is 2.04. The first-order chi connectivity index (χ1) is 10.8. The number of fused-ring (bicyclic) bond motifs is 1. The molecule has 0 bridgehead atoms. The van der Waals surface area contributed by atoms with Gasteiger partial charge in [-0.15, -0.1) is 0 Å². The van der Waals surface area contributed by atoms with Crippen LogP contribution >= 0.6 is 15.9 Å². The van der Waals surface area contributed by atoms with Gasteiger partial charge in [-0.3, -0.25) is 4.90 Å². The SMILES string of the molecule is COc1cc(Br)cc2c1N(C(=O)OC(C)(C)C)C(C1CC1)CC2. The molecule has 2 aliphatic rings. The van der Waals surface area contributed by atoms with Crippen LogP contribution in [0.4, 0.5) is 10.5 Å². The molecule has 1 aliphatic heterocycles. The van der Waals surface area contributed by atoms with Crippen LogP contribution in [0, 0.1) is 5.92 Å². The van der Waals surface area contributed by atoms with Crippen molar-refractivity contribution in [3.63, 3.8) is 0 Å². The normalized spacial score (nSPS) is 20.9. The van der Waals surface area contributed by atoms with Crippen LogP contribution in [0.5, 0.6) is 5.75 Å². The number of ether oxygens (including phenoxy) is 2. The minimum Gasteiger partial charge on any atom is -0.495 e. The van der Waals surface area contributed by atoms with Crippen molar-refractivity contribution in [3.05, 3.63) is 22.2 Å². The topological polar surface area (TPSA) is 38.8 Å². The predicted octanol–water partition coefficient (Wildman–Crippen LogP) is 4.92. The van der Waals surface area contributed by atoms with E-state index < -0.39 is 5.60 Å². The van der Waals surface area contributed by atoms with Crippen LogP contribution in [-0.4, -0.2) is 24.8 Å². The average molecular weight is 382 g/mol. The molecule has 0 radical (unpaired) electrons. The minimum absolute atomic E-state index is 0.215. The Morgan fingerprint density at radius 1 is 1.26 bits per heavy atom. The highest BCUT2D eigenvalue weighted by molar-refractivity contribution is 9.10. The molecule has 4 nitrogen and oxygen atoms in total. The molecule has 5 heteroatoms. The van der Waals surface area contributed by atoms with Crippen LogP contribution in [0.2, 0.25) is 0 Å². The molecule has 0 saturated heterocycles. The number of hydrogen-bond donors (Lipinski definition) is 0. The third-order valence-electron chi connectivity index (χ3n) is 4.38. The fourth-order valence-corrected chi connectivity index (χ4v) is 3.80. The second kappa shape index (κ2) is 6.00. The number of methoxy groups -OCH3 is 1. The molecule has 0 aromatic heterocycles. The van der Waals surface area contributed by atoms with E-state index in [1.54, 1.807) is 7.11 Å². The molecule has 1 aromatic carbocycles. The second-order valence-electron chi connectivity index (χ2n) is 7.41. The van der Waals surface area contributed by atoms with Crippen LogP contribution in [0.25, 0.3) is 0 Å². The van der Waals surface area contributed by atoms with Gasteiger partial charge in [0.15, 0.2) is 0 Å². The number of carbonyl (C=O) groups is 1. The van der Waals surface area contributed by atoms with Gasteiger partial charge in [0.25, 0.3) is 0 Å². The molecule has 0 spiro atoms. The standard InChI is InChI=1S/C18H24BrNO3/c1-18(2,3)23-17(21)20-14(11-5-6-11)8-7-12-9-13(19)10-15(22-4)16(12)20/h9-11,14H,5-8H2,1-4H3. The van der Waals surface area contributed by atoms with E-state index in [0.717, 1.165) is 34.3 Å². The smallest absolute Gasteiger partial charge is 0.415 e. The van der Waals surface area contributed by atoms with Crippen molar-refractivity contribution < 1.29 is 14.3 Å². The lowest BCUT2D eigenvalue weighted by Gasteiger charge is -2.39. The number of amides is 1. The Hall–Kier alpha value is -1.23. The first kappa shape index (κ1) is 16.6. The number of halogens is 1. The summed E-state index contributed by atoms with van der Waals surface area (Å²) in [4.78, 5) is 14.8. The van der Waals surface area contributed by atoms with Gasteiger partial charge in [-0.25, -0.2) is 4.79 Å². The van der Waals surface area contributed by atoms with Gasteiger partial charge in [-0.1, -0.05) is 15.9 Å². The van der Waals surface area contributed by atoms with Crippen LogP contribution in [-0.2, 0) is 11.2 Å². The largest absolute Gasteiger partial charge is 0.495 e. The van der Waals surface area contributed by atoms with Gasteiger partial charge < -0.3 is 9.47 Å². The fraction of sp³-hybridized carbons (Fsp3) is 0.611. The summed E-state index contributed by atoms with van der Waals surface area (Å²) in [6, 6.07) is 4.22. The van der Waals surface area contributed by atoms with E-state index in [-0.39, 0.29) is 12.1 Å². The van der Waals surface area contributed by atoms with Crippen molar-refractivity contribution in [2.75, 3.05) is 12.0 Å². The number of nitrogens with zero attached hydrogens (tertiary/aromatic N) is 1. The molecule has 1 aromatic rings. The number of carbonyl (C=O) groups excluding carboxylic acids is 1. The lowest BCUT2D eigenvalue weighted by atomic mass is 9.93. The molecular weight excluding hydrogens is 358 g/mol. The molecular formula is C18H24BrNO3. The maximum absolute atomic E-state index is 12.9. The molecule has 1 unspecified atom stereocenters. The van der Waals surface area contributed by atoms with E-state index in [2.05, 4.69) is 22.0 Å². The Morgan fingerprint density at radius 2 is 1.96 bits per heavy atom. The summed E-state index contributed by atoms with van der Waals surface area (Å²) in [5.41, 5.74) is 1.51. The highest BCUT2D eigenvalue weighted by atomic mass is 79.9. The first-order valence-electron chi connectivity index (χ1n) is 8.19. The maximum atomic E-state index is 12.9. The number of benzene rings is 1. The summed E-state index contributed by atoms with van der Waals surface area (Å²) in [5.74, 6) is 1.31. The lowest BCUT2D eigenvalue weighted by molar-refractivity contribution is 0.0554. The van der Waals surface area contributed by atoms with Gasteiger partial charge in [0.05, 0.1) is 12.8 Å². The van der Waals surface area contributed by atoms with Crippen molar-refractivity contribution in [1.29, 1.82) is 0 Å². The summed E-state index contributed by atoms with van der Waals surface area (Å²) >= 11 is 3.53. The monoisotopic (exact) mass is 381 g/mol. The molecule has 126 valence electrons. The molecule has 1 heterocycles. The van der Waals surface area contributed by atoms with Gasteiger partial charge in [0.1, 0.15) is 11.4 Å². The summed E-state index contributed by atoms with van der Waals surface area (Å²) < 4.78 is 12.2. The molecule has 0 N–H and O–H groups in total. The maximum Gasteiger partial charge on any atom is 0.415 e. The van der Waals surface area contributed by atoms with Gasteiger partial charge in [-0.2, -0.15) is 0 Å². The van der Waals surface area contributed by atoms with Crippen molar-refractivity contribution in [2.45, 2.75) is 58.1 Å². The quantitative estimate of drug-likeness (QED) is 0.729. The van der Waals surface area contributed by atoms with E-state index in [1.807, 2.05) is 31.7 Å². The second-order valence-corrected chi connectivity index (χ2v) is 8.33. The summed E-state index contributed by atoms with van der Waals surface area (Å²) in [7, 11) is 1.65. The third kappa shape index (κ3) is 3.49. The third-order valence-corrected chi connectivity index (χ3v) is 4.83. The van der Waals surface area contributed by atoms with Crippen molar-refractivity contribution in [3.8, 4) is 5.75 Å². The highest BCUT2D eigenvalue weighted by Crippen LogP contribution is 2.47. The Morgan fingerprint density at radius 3 is 2.52 bits per heavy atom. The average Bonchev–Trinajstić information content (AvgIpc) is 3.27. The van der Waals surface area contributed by atoms with Crippen LogP contribution in [0.15, 0.2) is 16.6 Å². The van der Waals surface area contributed by atoms with E-state index in [0.29, 0.717) is 5.92 Å². The zero-order valence-electron chi connectivity index (χ0n) is 14.2. The number of aryl methyl sites for hydroxylation is 1. The summed E-state index contributed by atoms with van der Waals surface area (Å²) in [6.07, 6.45) is 4.06. The van der Waals surface area contributed by atoms with E-state index in [4.69, 9.17) is 9.47 Å². The first-order valence-corrected chi connectivity index (χ1v) is 8.98. The van der Waals surface area contributed by atoms with Gasteiger partial charge in [0, 0.05) is 10.5 Å². The zero-order valence-corrected chi connectivity index (χ0v) is 15.8. The Labute approximate surface area is 146 Å². The molecule has 1 saturated carbocycles. The van der Waals surface area contributed by atoms with Gasteiger partial charge in [-0.05, 0) is 70.1 Å². The van der Waals surface area contributed by atoms with E-state index >= 15 is 0 Å². The van der Waals surface area contributed by atoms with Crippen molar-refractivity contribution in [1.82, 2.24) is 0 Å². The zero-order chi connectivity index (χ0) is 16.8. The fourth-order valence-electron chi connectivity index (χ4n) is 3.31. The van der Waals surface area contributed by atoms with Crippen LogP contribution in [0.1, 0.15) is 45.6 Å². The van der Waals surface area contributed by atoms with E-state index in [9.17, 15) is 4.79 Å². The summed E-state index contributed by atoms with van der Waals surface area (Å²) in [5, 5.41) is 0. The van der Waals surface area contributed by atoms with Gasteiger partial charge >= 0.3 is 6.09 Å². The lowest BCUT2D eigenvalue weighted by Crippen LogP contribution is -2.47. The van der Waals surface area contributed by atoms with Crippen LogP contribution < -0.4 is 9.64 Å². The van der Waals surface area contributed by atoms with Crippen LogP contribution in [0.3, 0.4) is 0 Å². The van der Waals surface area contributed by atoms with Crippen molar-refractivity contribution >= 4 is 27.7 Å². The molecule has 23 heavy (non-hydrogen) atoms. The van der Waals surface area contributed by atoms with Crippen molar-refractivity contribution in [2.24, 2.45) is 5.92 Å². The van der Waals surface area contributed by atoms with E-state index in [1.165, 1.54) is 12.8 Å². The molecule has 3 rings (SSSR count). The number of anilines is 1. The molecule has 1 amide bonds. The number of hydrogen-bond acceptors (Lipinski definition) is 3. The molecule has 1 fully saturated rings. The Kier molecular flexibility index (Phi) is 4.34. The number of rotatable bonds is 2. The molecule has 1 atom stereocenters. The molecule has 1 aliphatic carbocycles. The predicted molar refractivity (Wildman–Crippen MR) is 94.2 cm³/mol. The highest BCUT2D eigenvalue weighted by Gasteiger charge is 2.43. The van der Waals surface area contributed by atoms with Gasteiger partial charge in [0.2, 0.25) is 0 Å². The minimum atomic E-state index is -0.509.